The first kappa shape index (κ1) is 60.9. The van der Waals surface area contributed by atoms with Gasteiger partial charge in [0.2, 0.25) is 0 Å². The van der Waals surface area contributed by atoms with Crippen molar-refractivity contribution in [3.63, 3.8) is 0 Å². The van der Waals surface area contributed by atoms with E-state index in [1.807, 2.05) is 0 Å². The van der Waals surface area contributed by atoms with Crippen molar-refractivity contribution in [3.8, 4) is 0 Å². The smallest absolute Gasteiger partial charge is 0.164 e. The van der Waals surface area contributed by atoms with Gasteiger partial charge in [0.15, 0.2) is 5.78 Å². The molecule has 0 aliphatic heterocycles. The van der Waals surface area contributed by atoms with Gasteiger partial charge in [0.1, 0.15) is 23.8 Å². The molecule has 0 saturated heterocycles. The Kier molecular flexibility index (Phi) is 47.6. The van der Waals surface area contributed by atoms with Crippen molar-refractivity contribution in [1.82, 2.24) is 0 Å². The summed E-state index contributed by atoms with van der Waals surface area (Å²) in [5, 5.41) is 27.9. The Morgan fingerprint density at radius 1 is 0.365 bits per heavy atom. The molecule has 0 heterocycles. The summed E-state index contributed by atoms with van der Waals surface area (Å²) in [7, 11) is 0. The van der Waals surface area contributed by atoms with Gasteiger partial charge in [-0.05, 0) is 109 Å². The fourth-order valence-electron chi connectivity index (χ4n) is 8.26. The highest BCUT2D eigenvalue weighted by atomic mass is 16.4. The number of aliphatic hydroxyl groups is 3. The maximum Gasteiger partial charge on any atom is 0.164 e. The molecule has 366 valence electrons. The highest BCUT2D eigenvalue weighted by Crippen LogP contribution is 2.21. The summed E-state index contributed by atoms with van der Waals surface area (Å²) >= 11 is 0. The van der Waals surface area contributed by atoms with Gasteiger partial charge in [-0.2, -0.15) is 0 Å². The molecule has 0 rings (SSSR count). The third-order valence-corrected chi connectivity index (χ3v) is 12.5. The lowest BCUT2D eigenvalue weighted by Crippen LogP contribution is -2.36. The van der Waals surface area contributed by atoms with Crippen molar-refractivity contribution in [3.05, 3.63) is 48.6 Å². The zero-order valence-corrected chi connectivity index (χ0v) is 41.4. The van der Waals surface area contributed by atoms with Crippen molar-refractivity contribution >= 4 is 17.3 Å². The minimum Gasteiger partial charge on any atom is -0.394 e. The molecule has 0 aromatic carbocycles. The summed E-state index contributed by atoms with van der Waals surface area (Å²) in [5.74, 6) is -0.431. The molecule has 0 amide bonds. The number of ketones is 3. The molecule has 0 fully saturated rings. The van der Waals surface area contributed by atoms with Crippen LogP contribution in [-0.4, -0.2) is 51.5 Å². The summed E-state index contributed by atoms with van der Waals surface area (Å²) < 4.78 is 0. The highest BCUT2D eigenvalue weighted by Gasteiger charge is 2.25. The molecule has 3 N–H and O–H groups in total. The predicted molar refractivity (Wildman–Crippen MR) is 270 cm³/mol. The molecule has 0 aromatic rings. The van der Waals surface area contributed by atoms with Gasteiger partial charge in [-0.15, -0.1) is 0 Å². The third kappa shape index (κ3) is 42.3. The molecule has 1 unspecified atom stereocenters. The van der Waals surface area contributed by atoms with Crippen LogP contribution in [0.2, 0.25) is 0 Å². The van der Waals surface area contributed by atoms with Gasteiger partial charge in [0.05, 0.1) is 12.5 Å². The average molecular weight is 883 g/mol. The Morgan fingerprint density at radius 3 is 1.00 bits per heavy atom. The highest BCUT2D eigenvalue weighted by molar-refractivity contribution is 6.02. The second-order valence-electron chi connectivity index (χ2n) is 18.6. The standard InChI is InChI=1S/C57H102O6/c1-3-5-7-9-11-13-15-17-19-24-28-32-36-40-44-48-53(59)52(54(60)49-45-41-37-33-29-25-20-18-16-14-12-10-8-6-4-2)47-43-39-35-31-27-23-21-22-26-30-34-38-42-46-50-55(61)57(63)56(62)51-58/h17-22,27,31,52,56-58,62-63H,3-16,23-26,28-30,32-51H2,1-2H3/b19-17-,20-18-,22-21-,31-27-/t56-,57?/m0/s1. The first-order valence-corrected chi connectivity index (χ1v) is 27.0. The number of allylic oxidation sites excluding steroid dienone is 8. The summed E-state index contributed by atoms with van der Waals surface area (Å²) in [6, 6.07) is 0. The number of aliphatic hydroxyl groups excluding tert-OH is 3. The lowest BCUT2D eigenvalue weighted by molar-refractivity contribution is -0.135. The fourth-order valence-corrected chi connectivity index (χ4v) is 8.26. The van der Waals surface area contributed by atoms with Crippen LogP contribution in [0.4, 0.5) is 0 Å². The van der Waals surface area contributed by atoms with Crippen LogP contribution >= 0.6 is 0 Å². The van der Waals surface area contributed by atoms with Crippen LogP contribution < -0.4 is 0 Å². The fraction of sp³-hybridized carbons (Fsp3) is 0.807. The van der Waals surface area contributed by atoms with Crippen molar-refractivity contribution in [2.24, 2.45) is 5.92 Å². The number of unbranched alkanes of at least 4 members (excludes halogenated alkanes) is 29. The van der Waals surface area contributed by atoms with E-state index in [2.05, 4.69) is 62.5 Å². The zero-order chi connectivity index (χ0) is 46.1. The van der Waals surface area contributed by atoms with Crippen LogP contribution in [0, 0.1) is 5.92 Å². The Hall–Kier alpha value is -2.15. The van der Waals surface area contributed by atoms with Gasteiger partial charge in [-0.3, -0.25) is 14.4 Å². The monoisotopic (exact) mass is 883 g/mol. The molecule has 0 saturated carbocycles. The van der Waals surface area contributed by atoms with E-state index in [4.69, 9.17) is 5.11 Å². The van der Waals surface area contributed by atoms with Crippen molar-refractivity contribution in [2.75, 3.05) is 6.61 Å². The average Bonchev–Trinajstić information content (AvgIpc) is 3.29. The SMILES string of the molecule is CCCCCCCC/C=C\CCCCCCCC(=O)C(CCCC/C=C\C/C=C\CCCCCCCC(=O)C(O)[C@@H](O)CO)C(=O)CCCCCCC/C=C\CCCCCCCC. The van der Waals surface area contributed by atoms with Gasteiger partial charge in [0, 0.05) is 19.3 Å². The van der Waals surface area contributed by atoms with Crippen LogP contribution in [0.15, 0.2) is 48.6 Å². The molecule has 0 aliphatic rings. The zero-order valence-electron chi connectivity index (χ0n) is 41.4. The Labute approximate surface area is 389 Å². The van der Waals surface area contributed by atoms with Crippen LogP contribution in [0.3, 0.4) is 0 Å². The van der Waals surface area contributed by atoms with Gasteiger partial charge >= 0.3 is 0 Å². The number of carbonyl (C=O) groups is 3. The lowest BCUT2D eigenvalue weighted by Gasteiger charge is -2.15. The molecule has 6 nitrogen and oxygen atoms in total. The van der Waals surface area contributed by atoms with E-state index in [0.29, 0.717) is 25.7 Å². The van der Waals surface area contributed by atoms with Crippen molar-refractivity contribution in [2.45, 2.75) is 283 Å². The minimum atomic E-state index is -1.48. The summed E-state index contributed by atoms with van der Waals surface area (Å²) in [4.78, 5) is 38.7. The number of Topliss-reactive ketones (excluding diaryl/α,β-unsaturated/α-hetero) is 3. The van der Waals surface area contributed by atoms with Crippen molar-refractivity contribution < 1.29 is 29.7 Å². The van der Waals surface area contributed by atoms with Gasteiger partial charge in [0.25, 0.3) is 0 Å². The third-order valence-electron chi connectivity index (χ3n) is 12.5. The second kappa shape index (κ2) is 49.3. The summed E-state index contributed by atoms with van der Waals surface area (Å²) in [5.41, 5.74) is 0. The van der Waals surface area contributed by atoms with E-state index in [0.717, 1.165) is 96.3 Å². The predicted octanol–water partition coefficient (Wildman–Crippen LogP) is 15.9. The van der Waals surface area contributed by atoms with Gasteiger partial charge in [-0.1, -0.05) is 191 Å². The number of hydrogen-bond donors (Lipinski definition) is 3. The van der Waals surface area contributed by atoms with Gasteiger partial charge < -0.3 is 15.3 Å². The van der Waals surface area contributed by atoms with E-state index in [9.17, 15) is 24.6 Å². The second-order valence-corrected chi connectivity index (χ2v) is 18.6. The van der Waals surface area contributed by atoms with Crippen LogP contribution in [0.5, 0.6) is 0 Å². The maximum absolute atomic E-state index is 13.4. The Morgan fingerprint density at radius 2 is 0.651 bits per heavy atom. The van der Waals surface area contributed by atoms with Crippen molar-refractivity contribution in [1.29, 1.82) is 0 Å². The normalized spacial score (nSPS) is 13.2. The summed E-state index contributed by atoms with van der Waals surface area (Å²) in [6.07, 6.45) is 59.4. The van der Waals surface area contributed by atoms with Crippen LogP contribution in [-0.2, 0) is 14.4 Å². The largest absolute Gasteiger partial charge is 0.394 e. The van der Waals surface area contributed by atoms with E-state index in [1.54, 1.807) is 0 Å². The molecule has 0 radical (unpaired) electrons. The quantitative estimate of drug-likeness (QED) is 0.0319. The molecule has 0 aromatic heterocycles. The molecule has 63 heavy (non-hydrogen) atoms. The molecule has 6 heteroatoms. The molecule has 0 spiro atoms. The first-order valence-electron chi connectivity index (χ1n) is 27.0. The molecule has 0 bridgehead atoms. The Bertz CT molecular complexity index is 1090. The molecular formula is C57H102O6. The topological polar surface area (TPSA) is 112 Å². The number of hydrogen-bond acceptors (Lipinski definition) is 6. The number of rotatable bonds is 50. The Balaban J connectivity index is 4.43. The molecule has 0 aliphatic carbocycles. The van der Waals surface area contributed by atoms with E-state index >= 15 is 0 Å². The number of carbonyl (C=O) groups excluding carboxylic acids is 3. The molecular weight excluding hydrogens is 781 g/mol. The van der Waals surface area contributed by atoms with Crippen LogP contribution in [0.1, 0.15) is 271 Å². The first-order chi connectivity index (χ1) is 30.9. The maximum atomic E-state index is 13.4. The lowest BCUT2D eigenvalue weighted by atomic mass is 9.87. The van der Waals surface area contributed by atoms with E-state index in [-0.39, 0.29) is 18.0 Å². The van der Waals surface area contributed by atoms with E-state index < -0.39 is 30.5 Å². The minimum absolute atomic E-state index is 0.191. The van der Waals surface area contributed by atoms with Gasteiger partial charge in [-0.25, -0.2) is 0 Å². The van der Waals surface area contributed by atoms with Crippen LogP contribution in [0.25, 0.3) is 0 Å². The van der Waals surface area contributed by atoms with E-state index in [1.165, 1.54) is 128 Å². The molecule has 2 atom stereocenters. The summed E-state index contributed by atoms with van der Waals surface area (Å²) in [6.45, 7) is 3.93.